The number of hydrogen-bond acceptors (Lipinski definition) is 5. The maximum absolute atomic E-state index is 12.3. The van der Waals surface area contributed by atoms with Crippen molar-refractivity contribution in [3.63, 3.8) is 0 Å². The van der Waals surface area contributed by atoms with E-state index in [1.807, 2.05) is 13.8 Å². The molecular formula is C16H25N3O2S. The molecule has 6 heteroatoms. The van der Waals surface area contributed by atoms with Crippen LogP contribution in [0.4, 0.5) is 0 Å². The van der Waals surface area contributed by atoms with E-state index in [-0.39, 0.29) is 11.9 Å². The molecule has 1 atom stereocenters. The number of piperidine rings is 1. The zero-order valence-electron chi connectivity index (χ0n) is 13.4. The highest BCUT2D eigenvalue weighted by molar-refractivity contribution is 7.11. The predicted octanol–water partition coefficient (Wildman–Crippen LogP) is 2.13. The highest BCUT2D eigenvalue weighted by Gasteiger charge is 2.25. The van der Waals surface area contributed by atoms with Gasteiger partial charge in [-0.25, -0.2) is 4.98 Å². The first-order valence-electron chi connectivity index (χ1n) is 8.20. The molecule has 1 N–H and O–H groups in total. The Hall–Kier alpha value is -0.980. The number of amides is 1. The number of nitrogens with zero attached hydrogens (tertiary/aromatic N) is 2. The van der Waals surface area contributed by atoms with E-state index in [1.54, 1.807) is 11.3 Å². The van der Waals surface area contributed by atoms with E-state index in [9.17, 15) is 4.79 Å². The van der Waals surface area contributed by atoms with Crippen molar-refractivity contribution in [3.05, 3.63) is 15.6 Å². The van der Waals surface area contributed by atoms with E-state index in [1.165, 1.54) is 12.8 Å². The first-order chi connectivity index (χ1) is 10.6. The zero-order valence-corrected chi connectivity index (χ0v) is 14.2. The molecule has 22 heavy (non-hydrogen) atoms. The third-order valence-electron chi connectivity index (χ3n) is 4.53. The molecule has 5 nitrogen and oxygen atoms in total. The Balaban J connectivity index is 1.45. The summed E-state index contributed by atoms with van der Waals surface area (Å²) in [5, 5.41) is 4.10. The van der Waals surface area contributed by atoms with Crippen molar-refractivity contribution in [1.29, 1.82) is 0 Å². The maximum Gasteiger partial charge on any atom is 0.271 e. The van der Waals surface area contributed by atoms with Crippen LogP contribution < -0.4 is 5.32 Å². The minimum Gasteiger partial charge on any atom is -0.377 e. The number of thiazole rings is 1. The first-order valence-corrected chi connectivity index (χ1v) is 9.02. The van der Waals surface area contributed by atoms with Gasteiger partial charge in [-0.15, -0.1) is 11.3 Å². The number of ether oxygens (including phenoxy) is 1. The van der Waals surface area contributed by atoms with Crippen LogP contribution in [0.3, 0.4) is 0 Å². The van der Waals surface area contributed by atoms with E-state index >= 15 is 0 Å². The predicted molar refractivity (Wildman–Crippen MR) is 87.5 cm³/mol. The molecule has 2 saturated heterocycles. The lowest BCUT2D eigenvalue weighted by molar-refractivity contribution is 0.0612. The summed E-state index contributed by atoms with van der Waals surface area (Å²) in [7, 11) is 0. The minimum atomic E-state index is -0.0144. The molecule has 1 amide bonds. The smallest absolute Gasteiger partial charge is 0.271 e. The minimum absolute atomic E-state index is 0.0144. The molecule has 2 fully saturated rings. The average molecular weight is 323 g/mol. The van der Waals surface area contributed by atoms with Crippen LogP contribution in [0, 0.1) is 13.8 Å². The summed E-state index contributed by atoms with van der Waals surface area (Å²) < 4.78 is 5.70. The van der Waals surface area contributed by atoms with Gasteiger partial charge in [0.1, 0.15) is 5.69 Å². The fourth-order valence-electron chi connectivity index (χ4n) is 3.33. The summed E-state index contributed by atoms with van der Waals surface area (Å²) in [5.74, 6) is -0.0144. The third kappa shape index (κ3) is 3.86. The van der Waals surface area contributed by atoms with Crippen LogP contribution in [0.1, 0.15) is 46.1 Å². The summed E-state index contributed by atoms with van der Waals surface area (Å²) in [6.07, 6.45) is 4.84. The first kappa shape index (κ1) is 15.9. The van der Waals surface area contributed by atoms with Crippen molar-refractivity contribution < 1.29 is 9.53 Å². The van der Waals surface area contributed by atoms with Gasteiger partial charge < -0.3 is 15.0 Å². The Morgan fingerprint density at radius 3 is 2.73 bits per heavy atom. The van der Waals surface area contributed by atoms with Crippen LogP contribution in [-0.4, -0.2) is 54.2 Å². The quantitative estimate of drug-likeness (QED) is 0.922. The lowest BCUT2D eigenvalue weighted by Gasteiger charge is -2.33. The van der Waals surface area contributed by atoms with Gasteiger partial charge in [0, 0.05) is 37.2 Å². The van der Waals surface area contributed by atoms with E-state index in [0.29, 0.717) is 11.8 Å². The van der Waals surface area contributed by atoms with E-state index in [4.69, 9.17) is 4.74 Å². The number of likely N-dealkylation sites (tertiary alicyclic amines) is 1. The molecule has 3 rings (SSSR count). The Bertz CT molecular complexity index is 517. The SMILES string of the molecule is Cc1nc(C(=O)NC2CCN(CC3CCCO3)CC2)c(C)s1. The monoisotopic (exact) mass is 323 g/mol. The number of aromatic nitrogens is 1. The highest BCUT2D eigenvalue weighted by atomic mass is 32.1. The van der Waals surface area contributed by atoms with Crippen molar-refractivity contribution in [2.75, 3.05) is 26.2 Å². The molecular weight excluding hydrogens is 298 g/mol. The maximum atomic E-state index is 12.3. The van der Waals surface area contributed by atoms with Gasteiger partial charge in [0.15, 0.2) is 0 Å². The number of rotatable bonds is 4. The summed E-state index contributed by atoms with van der Waals surface area (Å²) in [6, 6.07) is 0.273. The third-order valence-corrected chi connectivity index (χ3v) is 5.41. The second-order valence-electron chi connectivity index (χ2n) is 6.32. The molecule has 2 aliphatic rings. The van der Waals surface area contributed by atoms with Crippen LogP contribution >= 0.6 is 11.3 Å². The Morgan fingerprint density at radius 1 is 1.36 bits per heavy atom. The van der Waals surface area contributed by atoms with Gasteiger partial charge in [-0.1, -0.05) is 0 Å². The summed E-state index contributed by atoms with van der Waals surface area (Å²) in [6.45, 7) is 7.95. The number of carbonyl (C=O) groups excluding carboxylic acids is 1. The van der Waals surface area contributed by atoms with Gasteiger partial charge in [-0.2, -0.15) is 0 Å². The van der Waals surface area contributed by atoms with Crippen molar-refractivity contribution in [2.45, 2.75) is 51.7 Å². The van der Waals surface area contributed by atoms with Crippen LogP contribution in [0.5, 0.6) is 0 Å². The van der Waals surface area contributed by atoms with Crippen LogP contribution in [0.15, 0.2) is 0 Å². The molecule has 1 aromatic rings. The summed E-state index contributed by atoms with van der Waals surface area (Å²) >= 11 is 1.58. The zero-order chi connectivity index (χ0) is 15.5. The van der Waals surface area contributed by atoms with E-state index in [2.05, 4.69) is 15.2 Å². The van der Waals surface area contributed by atoms with Crippen LogP contribution in [0.2, 0.25) is 0 Å². The second kappa shape index (κ2) is 7.06. The van der Waals surface area contributed by atoms with Crippen molar-refractivity contribution in [3.8, 4) is 0 Å². The van der Waals surface area contributed by atoms with Gasteiger partial charge >= 0.3 is 0 Å². The lowest BCUT2D eigenvalue weighted by Crippen LogP contribution is -2.46. The molecule has 0 aliphatic carbocycles. The fourth-order valence-corrected chi connectivity index (χ4v) is 4.14. The summed E-state index contributed by atoms with van der Waals surface area (Å²) in [5.41, 5.74) is 0.601. The molecule has 0 radical (unpaired) electrons. The molecule has 0 bridgehead atoms. The van der Waals surface area contributed by atoms with Gasteiger partial charge in [-0.05, 0) is 39.5 Å². The van der Waals surface area contributed by atoms with Crippen molar-refractivity contribution >= 4 is 17.2 Å². The molecule has 3 heterocycles. The number of carbonyl (C=O) groups is 1. The van der Waals surface area contributed by atoms with E-state index in [0.717, 1.165) is 49.0 Å². The Morgan fingerprint density at radius 2 is 2.14 bits per heavy atom. The lowest BCUT2D eigenvalue weighted by atomic mass is 10.0. The number of hydrogen-bond donors (Lipinski definition) is 1. The summed E-state index contributed by atoms with van der Waals surface area (Å²) in [4.78, 5) is 20.1. The van der Waals surface area contributed by atoms with Gasteiger partial charge in [0.2, 0.25) is 0 Å². The normalized spacial score (nSPS) is 23.8. The van der Waals surface area contributed by atoms with Gasteiger partial charge in [0.05, 0.1) is 11.1 Å². The number of aryl methyl sites for hydroxylation is 2. The highest BCUT2D eigenvalue weighted by Crippen LogP contribution is 2.19. The second-order valence-corrected chi connectivity index (χ2v) is 7.73. The average Bonchev–Trinajstić information content (AvgIpc) is 3.10. The molecule has 0 spiro atoms. The molecule has 1 unspecified atom stereocenters. The molecule has 2 aliphatic heterocycles. The topological polar surface area (TPSA) is 54.5 Å². The van der Waals surface area contributed by atoms with Gasteiger partial charge in [0.25, 0.3) is 5.91 Å². The molecule has 1 aromatic heterocycles. The molecule has 0 aromatic carbocycles. The Kier molecular flexibility index (Phi) is 5.10. The Labute approximate surface area is 136 Å². The largest absolute Gasteiger partial charge is 0.377 e. The standard InChI is InChI=1S/C16H25N3O2S/c1-11-15(17-12(2)22-11)16(20)18-13-5-7-19(8-6-13)10-14-4-3-9-21-14/h13-14H,3-10H2,1-2H3,(H,18,20). The van der Waals surface area contributed by atoms with Crippen LogP contribution in [-0.2, 0) is 4.74 Å². The van der Waals surface area contributed by atoms with Crippen molar-refractivity contribution in [2.24, 2.45) is 0 Å². The van der Waals surface area contributed by atoms with Gasteiger partial charge in [-0.3, -0.25) is 4.79 Å². The number of nitrogens with one attached hydrogen (secondary N) is 1. The van der Waals surface area contributed by atoms with Crippen LogP contribution in [0.25, 0.3) is 0 Å². The van der Waals surface area contributed by atoms with E-state index < -0.39 is 0 Å². The fraction of sp³-hybridized carbons (Fsp3) is 0.750. The van der Waals surface area contributed by atoms with Crippen molar-refractivity contribution in [1.82, 2.24) is 15.2 Å². The molecule has 0 saturated carbocycles. The molecule has 122 valence electrons.